The van der Waals surface area contributed by atoms with E-state index in [1.54, 1.807) is 0 Å². The predicted molar refractivity (Wildman–Crippen MR) is 56.9 cm³/mol. The normalized spacial score (nSPS) is 27.0. The molecule has 0 aromatic heterocycles. The van der Waals surface area contributed by atoms with E-state index in [0.29, 0.717) is 12.2 Å². The van der Waals surface area contributed by atoms with Crippen LogP contribution in [0.3, 0.4) is 0 Å². The Morgan fingerprint density at radius 3 is 2.44 bits per heavy atom. The Labute approximate surface area is 93.4 Å². The second kappa shape index (κ2) is 4.11. The molecule has 0 radical (unpaired) electrons. The molecule has 1 fully saturated rings. The number of nitrogens with two attached hydrogens (primary N) is 1. The fourth-order valence-electron chi connectivity index (χ4n) is 2.15. The van der Waals surface area contributed by atoms with Crippen LogP contribution in [0.25, 0.3) is 0 Å². The summed E-state index contributed by atoms with van der Waals surface area (Å²) in [6, 6.07) is 2.87. The van der Waals surface area contributed by atoms with Gasteiger partial charge >= 0.3 is 0 Å². The van der Waals surface area contributed by atoms with Crippen molar-refractivity contribution < 1.29 is 13.5 Å². The van der Waals surface area contributed by atoms with E-state index < -0.39 is 23.3 Å². The van der Waals surface area contributed by atoms with Crippen molar-refractivity contribution in [2.45, 2.75) is 31.4 Å². The van der Waals surface area contributed by atoms with Crippen LogP contribution >= 0.6 is 0 Å². The van der Waals surface area contributed by atoms with Crippen molar-refractivity contribution >= 4 is 0 Å². The molecule has 0 saturated carbocycles. The van der Waals surface area contributed by atoms with E-state index in [0.717, 1.165) is 18.9 Å². The molecule has 16 heavy (non-hydrogen) atoms. The molecule has 0 spiro atoms. The summed E-state index contributed by atoms with van der Waals surface area (Å²) in [5, 5.41) is 0. The van der Waals surface area contributed by atoms with Crippen molar-refractivity contribution in [2.75, 3.05) is 6.61 Å². The predicted octanol–water partition coefficient (Wildman–Crippen LogP) is 2.53. The van der Waals surface area contributed by atoms with Gasteiger partial charge in [-0.2, -0.15) is 0 Å². The number of benzene rings is 1. The largest absolute Gasteiger partial charge is 0.373 e. The van der Waals surface area contributed by atoms with Gasteiger partial charge in [-0.15, -0.1) is 0 Å². The maximum absolute atomic E-state index is 13.1. The van der Waals surface area contributed by atoms with Gasteiger partial charge in [-0.05, 0) is 37.5 Å². The summed E-state index contributed by atoms with van der Waals surface area (Å²) < 4.78 is 31.7. The minimum absolute atomic E-state index is 0.446. The molecule has 88 valence electrons. The quantitative estimate of drug-likeness (QED) is 0.842. The maximum atomic E-state index is 13.1. The van der Waals surface area contributed by atoms with Gasteiger partial charge in [0.15, 0.2) is 0 Å². The number of hydrogen-bond acceptors (Lipinski definition) is 2. The number of halogens is 2. The zero-order valence-corrected chi connectivity index (χ0v) is 9.17. The lowest BCUT2D eigenvalue weighted by molar-refractivity contribution is -0.00185. The Hall–Kier alpha value is -1.00. The van der Waals surface area contributed by atoms with Crippen LogP contribution in [-0.2, 0) is 4.74 Å². The lowest BCUT2D eigenvalue weighted by Gasteiger charge is -2.30. The Bertz CT molecular complexity index is 368. The highest BCUT2D eigenvalue weighted by Gasteiger charge is 2.37. The summed E-state index contributed by atoms with van der Waals surface area (Å²) in [6.07, 6.45) is 1.74. The van der Waals surface area contributed by atoms with Crippen LogP contribution in [0.4, 0.5) is 8.78 Å². The zero-order chi connectivity index (χ0) is 11.8. The third-order valence-electron chi connectivity index (χ3n) is 3.15. The second-order valence-electron chi connectivity index (χ2n) is 4.45. The smallest absolute Gasteiger partial charge is 0.126 e. The van der Waals surface area contributed by atoms with E-state index in [9.17, 15) is 8.78 Å². The van der Waals surface area contributed by atoms with Crippen molar-refractivity contribution in [1.82, 2.24) is 0 Å². The highest BCUT2D eigenvalue weighted by Crippen LogP contribution is 2.36. The molecule has 1 aromatic rings. The van der Waals surface area contributed by atoms with Gasteiger partial charge < -0.3 is 10.5 Å². The van der Waals surface area contributed by atoms with Crippen LogP contribution in [0, 0.1) is 11.6 Å². The van der Waals surface area contributed by atoms with Crippen LogP contribution in [-0.4, -0.2) is 12.2 Å². The average Bonchev–Trinajstić information content (AvgIpc) is 2.64. The van der Waals surface area contributed by atoms with Gasteiger partial charge in [-0.1, -0.05) is 0 Å². The highest BCUT2D eigenvalue weighted by molar-refractivity contribution is 5.24. The van der Waals surface area contributed by atoms with E-state index in [4.69, 9.17) is 10.5 Å². The van der Waals surface area contributed by atoms with Crippen molar-refractivity contribution in [3.05, 3.63) is 35.4 Å². The minimum Gasteiger partial charge on any atom is -0.373 e. The molecule has 0 bridgehead atoms. The van der Waals surface area contributed by atoms with Crippen molar-refractivity contribution in [2.24, 2.45) is 5.73 Å². The van der Waals surface area contributed by atoms with Gasteiger partial charge in [-0.3, -0.25) is 0 Å². The number of ether oxygens (including phenoxy) is 1. The first-order valence-electron chi connectivity index (χ1n) is 5.37. The molecule has 0 aliphatic carbocycles. The molecule has 4 heteroatoms. The van der Waals surface area contributed by atoms with Crippen LogP contribution in [0.1, 0.15) is 31.4 Å². The van der Waals surface area contributed by atoms with Gasteiger partial charge in [0.1, 0.15) is 11.6 Å². The molecule has 1 saturated heterocycles. The molecular formula is C12H15F2NO. The third-order valence-corrected chi connectivity index (χ3v) is 3.15. The second-order valence-corrected chi connectivity index (χ2v) is 4.45. The number of rotatable bonds is 2. The van der Waals surface area contributed by atoms with E-state index >= 15 is 0 Å². The van der Waals surface area contributed by atoms with E-state index in [2.05, 4.69) is 0 Å². The summed E-state index contributed by atoms with van der Waals surface area (Å²) in [5.74, 6) is -1.21. The highest BCUT2D eigenvalue weighted by atomic mass is 19.1. The Morgan fingerprint density at radius 2 is 1.94 bits per heavy atom. The van der Waals surface area contributed by atoms with Crippen LogP contribution < -0.4 is 5.73 Å². The van der Waals surface area contributed by atoms with Gasteiger partial charge in [0.25, 0.3) is 0 Å². The fourth-order valence-corrected chi connectivity index (χ4v) is 2.15. The molecule has 2 unspecified atom stereocenters. The van der Waals surface area contributed by atoms with E-state index in [1.165, 1.54) is 12.1 Å². The van der Waals surface area contributed by atoms with Gasteiger partial charge in [0, 0.05) is 12.7 Å². The van der Waals surface area contributed by atoms with E-state index in [-0.39, 0.29) is 0 Å². The molecule has 1 aliphatic rings. The lowest BCUT2D eigenvalue weighted by atomic mass is 9.88. The third kappa shape index (κ3) is 2.08. The van der Waals surface area contributed by atoms with Gasteiger partial charge in [-0.25, -0.2) is 8.78 Å². The molecule has 2 atom stereocenters. The summed E-state index contributed by atoms with van der Waals surface area (Å²) in [6.45, 7) is 2.54. The first kappa shape index (κ1) is 11.5. The lowest BCUT2D eigenvalue weighted by Crippen LogP contribution is -2.37. The molecule has 2 rings (SSSR count). The molecule has 0 amide bonds. The SMILES string of the molecule is CC1(C(N)c2cc(F)cc(F)c2)CCCO1. The monoisotopic (exact) mass is 227 g/mol. The topological polar surface area (TPSA) is 35.2 Å². The summed E-state index contributed by atoms with van der Waals surface area (Å²) in [7, 11) is 0. The fraction of sp³-hybridized carbons (Fsp3) is 0.500. The maximum Gasteiger partial charge on any atom is 0.126 e. The Morgan fingerprint density at radius 1 is 1.31 bits per heavy atom. The average molecular weight is 227 g/mol. The van der Waals surface area contributed by atoms with Crippen LogP contribution in [0.5, 0.6) is 0 Å². The molecule has 1 aliphatic heterocycles. The standard InChI is InChI=1S/C12H15F2NO/c1-12(3-2-4-16-12)11(15)8-5-9(13)7-10(14)6-8/h5-7,11H,2-4,15H2,1H3. The van der Waals surface area contributed by atoms with Crippen molar-refractivity contribution in [3.63, 3.8) is 0 Å². The molecule has 2 N–H and O–H groups in total. The van der Waals surface area contributed by atoms with Gasteiger partial charge in [0.05, 0.1) is 11.6 Å². The van der Waals surface area contributed by atoms with Gasteiger partial charge in [0.2, 0.25) is 0 Å². The molecular weight excluding hydrogens is 212 g/mol. The summed E-state index contributed by atoms with van der Waals surface area (Å²) >= 11 is 0. The van der Waals surface area contributed by atoms with Crippen LogP contribution in [0.2, 0.25) is 0 Å². The molecule has 2 nitrogen and oxygen atoms in total. The number of hydrogen-bond donors (Lipinski definition) is 1. The minimum atomic E-state index is -0.605. The molecule has 1 heterocycles. The summed E-state index contributed by atoms with van der Waals surface area (Å²) in [5.41, 5.74) is 5.95. The van der Waals surface area contributed by atoms with Crippen LogP contribution in [0.15, 0.2) is 18.2 Å². The van der Waals surface area contributed by atoms with E-state index in [1.807, 2.05) is 6.92 Å². The molecule has 1 aromatic carbocycles. The Kier molecular flexibility index (Phi) is 2.95. The first-order chi connectivity index (χ1) is 7.51. The Balaban J connectivity index is 2.29. The van der Waals surface area contributed by atoms with Crippen molar-refractivity contribution in [3.8, 4) is 0 Å². The zero-order valence-electron chi connectivity index (χ0n) is 9.17. The van der Waals surface area contributed by atoms with Crippen molar-refractivity contribution in [1.29, 1.82) is 0 Å². The first-order valence-corrected chi connectivity index (χ1v) is 5.37. The summed E-state index contributed by atoms with van der Waals surface area (Å²) in [4.78, 5) is 0.